The second kappa shape index (κ2) is 4.38. The number of ketones is 1. The van der Waals surface area contributed by atoms with Gasteiger partial charge in [-0.15, -0.1) is 11.3 Å². The Morgan fingerprint density at radius 2 is 2.22 bits per heavy atom. The van der Waals surface area contributed by atoms with Gasteiger partial charge in [-0.05, 0) is 37.3 Å². The summed E-state index contributed by atoms with van der Waals surface area (Å²) in [7, 11) is 0. The molecule has 0 aliphatic carbocycles. The first-order valence-electron chi connectivity index (χ1n) is 5.64. The van der Waals surface area contributed by atoms with Crippen molar-refractivity contribution in [2.24, 2.45) is 0 Å². The molecule has 3 rings (SSSR count). The number of aromatic nitrogens is 1. The van der Waals surface area contributed by atoms with E-state index in [9.17, 15) is 4.79 Å². The van der Waals surface area contributed by atoms with E-state index in [1.165, 1.54) is 0 Å². The van der Waals surface area contributed by atoms with Gasteiger partial charge >= 0.3 is 0 Å². The first kappa shape index (κ1) is 11.2. The Balaban J connectivity index is 1.97. The van der Waals surface area contributed by atoms with Crippen LogP contribution in [0.2, 0.25) is 0 Å². The summed E-state index contributed by atoms with van der Waals surface area (Å²) in [6, 6.07) is 9.78. The first-order valence-corrected chi connectivity index (χ1v) is 6.52. The molecule has 18 heavy (non-hydrogen) atoms. The Hall–Kier alpha value is -1.94. The van der Waals surface area contributed by atoms with E-state index in [4.69, 9.17) is 4.42 Å². The minimum atomic E-state index is 0.105. The monoisotopic (exact) mass is 257 g/mol. The first-order chi connectivity index (χ1) is 8.72. The third kappa shape index (κ3) is 2.07. The van der Waals surface area contributed by atoms with Crippen LogP contribution < -0.4 is 0 Å². The van der Waals surface area contributed by atoms with Gasteiger partial charge in [-0.2, -0.15) is 0 Å². The summed E-state index contributed by atoms with van der Waals surface area (Å²) in [5.41, 5.74) is 3.85. The maximum Gasteiger partial charge on any atom is 0.137 e. The van der Waals surface area contributed by atoms with Gasteiger partial charge in [0.15, 0.2) is 0 Å². The number of furan rings is 1. The van der Waals surface area contributed by atoms with E-state index >= 15 is 0 Å². The van der Waals surface area contributed by atoms with Crippen LogP contribution in [0.3, 0.4) is 0 Å². The third-order valence-corrected chi connectivity index (χ3v) is 3.49. The van der Waals surface area contributed by atoms with Gasteiger partial charge in [0.25, 0.3) is 0 Å². The highest BCUT2D eigenvalue weighted by molar-refractivity contribution is 7.16. The lowest BCUT2D eigenvalue weighted by atomic mass is 10.1. The number of Topliss-reactive ketones (excluding diaryl/α,β-unsaturated/α-hetero) is 1. The van der Waals surface area contributed by atoms with Crippen LogP contribution in [0.25, 0.3) is 21.5 Å². The molecule has 4 heteroatoms. The van der Waals surface area contributed by atoms with Crippen LogP contribution in [0.5, 0.6) is 0 Å². The second-order valence-corrected chi connectivity index (χ2v) is 5.07. The zero-order valence-corrected chi connectivity index (χ0v) is 10.7. The zero-order chi connectivity index (χ0) is 12.5. The Morgan fingerprint density at radius 1 is 1.33 bits per heavy atom. The van der Waals surface area contributed by atoms with Gasteiger partial charge in [0.1, 0.15) is 17.3 Å². The molecule has 2 heterocycles. The van der Waals surface area contributed by atoms with Crippen molar-refractivity contribution >= 4 is 27.3 Å². The summed E-state index contributed by atoms with van der Waals surface area (Å²) >= 11 is 1.61. The molecular formula is C14H11NO2S. The summed E-state index contributed by atoms with van der Waals surface area (Å²) < 4.78 is 6.81. The van der Waals surface area contributed by atoms with Crippen LogP contribution in [-0.4, -0.2) is 10.8 Å². The molecule has 1 aromatic carbocycles. The standard InChI is InChI=1S/C14H11NO2S/c1-9(16)6-11-3-5-13(17-11)10-2-4-12-14(7-10)18-8-15-12/h2-5,7-8H,6H2,1H3. The second-order valence-electron chi connectivity index (χ2n) is 4.18. The SMILES string of the molecule is CC(=O)Cc1ccc(-c2ccc3ncsc3c2)o1. The molecule has 90 valence electrons. The number of nitrogens with zero attached hydrogens (tertiary/aromatic N) is 1. The molecule has 0 unspecified atom stereocenters. The number of hydrogen-bond donors (Lipinski definition) is 0. The Kier molecular flexibility index (Phi) is 2.72. The minimum Gasteiger partial charge on any atom is -0.461 e. The molecule has 0 amide bonds. The summed E-state index contributed by atoms with van der Waals surface area (Å²) in [6.07, 6.45) is 0.350. The van der Waals surface area contributed by atoms with E-state index in [1.54, 1.807) is 18.3 Å². The van der Waals surface area contributed by atoms with E-state index in [0.717, 1.165) is 21.5 Å². The fourth-order valence-corrected chi connectivity index (χ4v) is 2.60. The van der Waals surface area contributed by atoms with Crippen molar-refractivity contribution in [1.82, 2.24) is 4.98 Å². The van der Waals surface area contributed by atoms with Gasteiger partial charge in [0, 0.05) is 5.56 Å². The van der Waals surface area contributed by atoms with E-state index in [0.29, 0.717) is 12.2 Å². The van der Waals surface area contributed by atoms with Crippen LogP contribution >= 0.6 is 11.3 Å². The predicted octanol–water partition coefficient (Wildman–Crippen LogP) is 3.69. The summed E-state index contributed by atoms with van der Waals surface area (Å²) in [5, 5.41) is 0. The molecule has 2 aromatic heterocycles. The van der Waals surface area contributed by atoms with Crippen LogP contribution in [0.4, 0.5) is 0 Å². The van der Waals surface area contributed by atoms with Crippen molar-refractivity contribution in [2.75, 3.05) is 0 Å². The van der Waals surface area contributed by atoms with Crippen molar-refractivity contribution in [3.05, 3.63) is 41.6 Å². The van der Waals surface area contributed by atoms with E-state index in [1.807, 2.05) is 29.8 Å². The lowest BCUT2D eigenvalue weighted by molar-refractivity contribution is -0.116. The average Bonchev–Trinajstić information content (AvgIpc) is 2.95. The third-order valence-electron chi connectivity index (χ3n) is 2.70. The van der Waals surface area contributed by atoms with E-state index < -0.39 is 0 Å². The predicted molar refractivity (Wildman–Crippen MR) is 71.7 cm³/mol. The maximum absolute atomic E-state index is 11.0. The number of carbonyl (C=O) groups excluding carboxylic acids is 1. The van der Waals surface area contributed by atoms with Gasteiger partial charge in [0.2, 0.25) is 0 Å². The van der Waals surface area contributed by atoms with E-state index in [2.05, 4.69) is 11.1 Å². The van der Waals surface area contributed by atoms with E-state index in [-0.39, 0.29) is 5.78 Å². The molecule has 0 spiro atoms. The molecule has 0 saturated heterocycles. The molecule has 0 saturated carbocycles. The summed E-state index contributed by atoms with van der Waals surface area (Å²) in [4.78, 5) is 15.3. The number of carbonyl (C=O) groups is 1. The van der Waals surface area contributed by atoms with Crippen LogP contribution in [0, 0.1) is 0 Å². The zero-order valence-electron chi connectivity index (χ0n) is 9.84. The number of thiazole rings is 1. The molecule has 0 radical (unpaired) electrons. The van der Waals surface area contributed by atoms with Crippen molar-refractivity contribution < 1.29 is 9.21 Å². The van der Waals surface area contributed by atoms with Crippen LogP contribution in [-0.2, 0) is 11.2 Å². The molecule has 3 aromatic rings. The minimum absolute atomic E-state index is 0.105. The van der Waals surface area contributed by atoms with Gasteiger partial charge in [0.05, 0.1) is 22.1 Å². The highest BCUT2D eigenvalue weighted by Crippen LogP contribution is 2.27. The highest BCUT2D eigenvalue weighted by atomic mass is 32.1. The Bertz CT molecular complexity index is 711. The van der Waals surface area contributed by atoms with Crippen molar-refractivity contribution in [1.29, 1.82) is 0 Å². The Morgan fingerprint density at radius 3 is 3.06 bits per heavy atom. The van der Waals surface area contributed by atoms with Crippen LogP contribution in [0.15, 0.2) is 40.3 Å². The lowest BCUT2D eigenvalue weighted by Crippen LogP contribution is -1.93. The molecule has 0 N–H and O–H groups in total. The van der Waals surface area contributed by atoms with Gasteiger partial charge in [-0.25, -0.2) is 4.98 Å². The largest absolute Gasteiger partial charge is 0.461 e. The number of rotatable bonds is 3. The lowest BCUT2D eigenvalue weighted by Gasteiger charge is -1.97. The van der Waals surface area contributed by atoms with Gasteiger partial charge in [-0.3, -0.25) is 4.79 Å². The number of fused-ring (bicyclic) bond motifs is 1. The quantitative estimate of drug-likeness (QED) is 0.718. The molecule has 0 bridgehead atoms. The molecule has 3 nitrogen and oxygen atoms in total. The fraction of sp³-hybridized carbons (Fsp3) is 0.143. The summed E-state index contributed by atoms with van der Waals surface area (Å²) in [5.74, 6) is 1.61. The normalized spacial score (nSPS) is 10.9. The molecule has 0 aliphatic heterocycles. The summed E-state index contributed by atoms with van der Waals surface area (Å²) in [6.45, 7) is 1.56. The van der Waals surface area contributed by atoms with Crippen molar-refractivity contribution in [3.8, 4) is 11.3 Å². The number of hydrogen-bond acceptors (Lipinski definition) is 4. The van der Waals surface area contributed by atoms with Crippen molar-refractivity contribution in [2.45, 2.75) is 13.3 Å². The fourth-order valence-electron chi connectivity index (χ4n) is 1.88. The molecule has 0 aliphatic rings. The highest BCUT2D eigenvalue weighted by Gasteiger charge is 2.07. The number of benzene rings is 1. The van der Waals surface area contributed by atoms with Crippen molar-refractivity contribution in [3.63, 3.8) is 0 Å². The topological polar surface area (TPSA) is 43.1 Å². The van der Waals surface area contributed by atoms with Gasteiger partial charge in [-0.1, -0.05) is 0 Å². The van der Waals surface area contributed by atoms with Crippen LogP contribution in [0.1, 0.15) is 12.7 Å². The molecule has 0 atom stereocenters. The average molecular weight is 257 g/mol. The molecule has 0 fully saturated rings. The Labute approximate surface area is 108 Å². The van der Waals surface area contributed by atoms with Gasteiger partial charge < -0.3 is 4.42 Å². The molecular weight excluding hydrogens is 246 g/mol. The smallest absolute Gasteiger partial charge is 0.137 e. The maximum atomic E-state index is 11.0.